The molecule has 0 radical (unpaired) electrons. The van der Waals surface area contributed by atoms with Gasteiger partial charge in [-0.1, -0.05) is 23.7 Å². The zero-order chi connectivity index (χ0) is 27.4. The summed E-state index contributed by atoms with van der Waals surface area (Å²) in [6.45, 7) is 2.36. The van der Waals surface area contributed by atoms with Crippen molar-refractivity contribution in [2.24, 2.45) is 0 Å². The number of likely N-dealkylation sites (tertiary alicyclic amines) is 1. The first-order valence-electron chi connectivity index (χ1n) is 12.1. The molecule has 2 aliphatic rings. The highest BCUT2D eigenvalue weighted by molar-refractivity contribution is 6.30. The number of halogens is 4. The molecule has 0 aliphatic carbocycles. The van der Waals surface area contributed by atoms with E-state index in [1.165, 1.54) is 6.92 Å². The monoisotopic (exact) mass is 553 g/mol. The van der Waals surface area contributed by atoms with Gasteiger partial charge in [0.15, 0.2) is 5.75 Å². The number of esters is 2. The molecule has 0 spiro atoms. The fraction of sp³-hybridized carbons (Fsp3) is 0.423. The van der Waals surface area contributed by atoms with E-state index in [1.807, 2.05) is 0 Å². The largest absolute Gasteiger partial charge is 0.490 e. The van der Waals surface area contributed by atoms with Crippen molar-refractivity contribution in [2.45, 2.75) is 44.1 Å². The van der Waals surface area contributed by atoms with E-state index in [2.05, 4.69) is 5.32 Å². The van der Waals surface area contributed by atoms with Crippen LogP contribution in [-0.2, 0) is 14.3 Å². The van der Waals surface area contributed by atoms with Gasteiger partial charge in [0, 0.05) is 43.2 Å². The number of piperidine rings is 1. The number of hydrogen-bond donors (Lipinski definition) is 1. The molecule has 2 aromatic carbocycles. The van der Waals surface area contributed by atoms with Crippen LogP contribution < -0.4 is 15.0 Å². The fourth-order valence-corrected chi connectivity index (χ4v) is 4.87. The number of nitrogens with one attached hydrogen (secondary N) is 1. The predicted molar refractivity (Wildman–Crippen MR) is 133 cm³/mol. The first-order chi connectivity index (χ1) is 18.0. The molecule has 12 heteroatoms. The van der Waals surface area contributed by atoms with Gasteiger partial charge in [-0.25, -0.2) is 4.79 Å². The number of carbonyl (C=O) groups excluding carboxylic acids is 3. The third-order valence-electron chi connectivity index (χ3n) is 6.54. The van der Waals surface area contributed by atoms with Crippen molar-refractivity contribution in [3.63, 3.8) is 0 Å². The number of anilines is 1. The molecular weight excluding hydrogens is 527 g/mol. The lowest BCUT2D eigenvalue weighted by atomic mass is 10.0. The second-order valence-corrected chi connectivity index (χ2v) is 9.69. The average molecular weight is 554 g/mol. The average Bonchev–Trinajstić information content (AvgIpc) is 3.25. The number of para-hydroxylation sites is 2. The van der Waals surface area contributed by atoms with E-state index in [1.54, 1.807) is 58.3 Å². The van der Waals surface area contributed by atoms with Crippen molar-refractivity contribution < 1.29 is 37.0 Å². The molecule has 1 amide bonds. The molecule has 0 bridgehead atoms. The van der Waals surface area contributed by atoms with Crippen molar-refractivity contribution in [2.75, 3.05) is 31.1 Å². The third kappa shape index (κ3) is 6.76. The van der Waals surface area contributed by atoms with E-state index in [0.717, 1.165) is 0 Å². The Morgan fingerprint density at radius 2 is 1.66 bits per heavy atom. The van der Waals surface area contributed by atoms with E-state index >= 15 is 0 Å². The highest BCUT2D eigenvalue weighted by atomic mass is 35.5. The van der Waals surface area contributed by atoms with Crippen molar-refractivity contribution in [1.82, 2.24) is 10.2 Å². The van der Waals surface area contributed by atoms with E-state index in [4.69, 9.17) is 21.1 Å². The van der Waals surface area contributed by atoms with E-state index in [0.29, 0.717) is 42.2 Å². The van der Waals surface area contributed by atoms with Gasteiger partial charge in [-0.05, 0) is 49.2 Å². The van der Waals surface area contributed by atoms with Gasteiger partial charge in [-0.3, -0.25) is 9.59 Å². The topological polar surface area (TPSA) is 88.2 Å². The standard InChI is InChI=1S/C26H27ClF3N3O5/c1-16(34)37-22-5-3-2-4-21(22)33-14-20(23(15-33)38-25(36)26(28,29)30)31-19-10-12-32(13-11-19)24(35)17-6-8-18(27)9-7-17/h2-9,19-20,23,31H,10-15H2,1H3. The summed E-state index contributed by atoms with van der Waals surface area (Å²) in [6.07, 6.45) is -5.08. The second kappa shape index (κ2) is 11.6. The first kappa shape index (κ1) is 27.7. The summed E-state index contributed by atoms with van der Waals surface area (Å²) in [5.41, 5.74) is 1.03. The SMILES string of the molecule is CC(=O)Oc1ccccc1N1CC(NC2CCN(C(=O)c3ccc(Cl)cc3)CC2)C(OC(=O)C(F)(F)F)C1. The van der Waals surface area contributed by atoms with E-state index < -0.39 is 30.3 Å². The predicted octanol–water partition coefficient (Wildman–Crippen LogP) is 3.82. The molecule has 8 nitrogen and oxygen atoms in total. The molecule has 204 valence electrons. The highest BCUT2D eigenvalue weighted by Gasteiger charge is 2.46. The number of hydrogen-bond acceptors (Lipinski definition) is 7. The Kier molecular flexibility index (Phi) is 8.47. The second-order valence-electron chi connectivity index (χ2n) is 9.25. The first-order valence-corrected chi connectivity index (χ1v) is 12.5. The summed E-state index contributed by atoms with van der Waals surface area (Å²) < 4.78 is 49.1. The number of alkyl halides is 3. The van der Waals surface area contributed by atoms with Crippen LogP contribution in [0.15, 0.2) is 48.5 Å². The minimum atomic E-state index is -5.12. The van der Waals surface area contributed by atoms with Gasteiger partial charge in [0.1, 0.15) is 6.10 Å². The van der Waals surface area contributed by atoms with Gasteiger partial charge < -0.3 is 24.6 Å². The third-order valence-corrected chi connectivity index (χ3v) is 6.79. The number of ether oxygens (including phenoxy) is 2. The Morgan fingerprint density at radius 1 is 1.00 bits per heavy atom. The Bertz CT molecular complexity index is 1170. The minimum absolute atomic E-state index is 0.0222. The normalized spacial score (nSPS) is 20.3. The van der Waals surface area contributed by atoms with Crippen LogP contribution in [0.2, 0.25) is 5.02 Å². The number of nitrogens with zero attached hydrogens (tertiary/aromatic N) is 2. The van der Waals surface area contributed by atoms with Gasteiger partial charge in [-0.15, -0.1) is 0 Å². The molecule has 2 atom stereocenters. The van der Waals surface area contributed by atoms with Gasteiger partial charge >= 0.3 is 18.1 Å². The molecule has 2 saturated heterocycles. The van der Waals surface area contributed by atoms with Crippen LogP contribution in [0.5, 0.6) is 5.75 Å². The van der Waals surface area contributed by atoms with Crippen LogP contribution in [-0.4, -0.2) is 73.3 Å². The molecule has 38 heavy (non-hydrogen) atoms. The summed E-state index contributed by atoms with van der Waals surface area (Å²) in [5, 5.41) is 3.88. The van der Waals surface area contributed by atoms with Gasteiger partial charge in [-0.2, -0.15) is 13.2 Å². The number of carbonyl (C=O) groups is 3. The van der Waals surface area contributed by atoms with Gasteiger partial charge in [0.25, 0.3) is 5.91 Å². The minimum Gasteiger partial charge on any atom is -0.452 e. The highest BCUT2D eigenvalue weighted by Crippen LogP contribution is 2.33. The van der Waals surface area contributed by atoms with Crippen LogP contribution >= 0.6 is 11.6 Å². The fourth-order valence-electron chi connectivity index (χ4n) is 4.74. The summed E-state index contributed by atoms with van der Waals surface area (Å²) in [5.74, 6) is -2.65. The molecule has 0 aromatic heterocycles. The summed E-state index contributed by atoms with van der Waals surface area (Å²) in [4.78, 5) is 39.4. The molecule has 2 fully saturated rings. The van der Waals surface area contributed by atoms with Crippen LogP contribution in [0.1, 0.15) is 30.1 Å². The maximum Gasteiger partial charge on any atom is 0.490 e. The number of benzene rings is 2. The Hall–Kier alpha value is -3.31. The molecule has 2 aliphatic heterocycles. The Labute approximate surface area is 222 Å². The van der Waals surface area contributed by atoms with Crippen molar-refractivity contribution in [1.29, 1.82) is 0 Å². The molecule has 2 aromatic rings. The van der Waals surface area contributed by atoms with Crippen molar-refractivity contribution in [3.8, 4) is 5.75 Å². The Morgan fingerprint density at radius 3 is 2.29 bits per heavy atom. The van der Waals surface area contributed by atoms with Gasteiger partial charge in [0.2, 0.25) is 0 Å². The van der Waals surface area contributed by atoms with Crippen molar-refractivity contribution >= 4 is 35.1 Å². The van der Waals surface area contributed by atoms with Gasteiger partial charge in [0.05, 0.1) is 18.3 Å². The Balaban J connectivity index is 1.43. The summed E-state index contributed by atoms with van der Waals surface area (Å²) in [7, 11) is 0. The maximum atomic E-state index is 13.0. The van der Waals surface area contributed by atoms with E-state index in [-0.39, 0.29) is 30.8 Å². The van der Waals surface area contributed by atoms with Crippen LogP contribution in [0.4, 0.5) is 18.9 Å². The lowest BCUT2D eigenvalue weighted by Crippen LogP contribution is -2.52. The zero-order valence-corrected chi connectivity index (χ0v) is 21.3. The molecule has 0 saturated carbocycles. The summed E-state index contributed by atoms with van der Waals surface area (Å²) in [6, 6.07) is 12.6. The molecule has 4 rings (SSSR count). The zero-order valence-electron chi connectivity index (χ0n) is 20.5. The summed E-state index contributed by atoms with van der Waals surface area (Å²) >= 11 is 5.90. The van der Waals surface area contributed by atoms with Crippen LogP contribution in [0.3, 0.4) is 0 Å². The quantitative estimate of drug-likeness (QED) is 0.430. The molecule has 1 N–H and O–H groups in total. The lowest BCUT2D eigenvalue weighted by Gasteiger charge is -2.34. The molecule has 2 unspecified atom stereocenters. The van der Waals surface area contributed by atoms with E-state index in [9.17, 15) is 27.6 Å². The molecule has 2 heterocycles. The molecular formula is C26H27ClF3N3O5. The van der Waals surface area contributed by atoms with Crippen molar-refractivity contribution in [3.05, 3.63) is 59.1 Å². The number of amides is 1. The van der Waals surface area contributed by atoms with Crippen LogP contribution in [0.25, 0.3) is 0 Å². The van der Waals surface area contributed by atoms with Crippen LogP contribution in [0, 0.1) is 0 Å². The maximum absolute atomic E-state index is 13.0. The lowest BCUT2D eigenvalue weighted by molar-refractivity contribution is -0.204. The smallest absolute Gasteiger partial charge is 0.452 e. The number of rotatable bonds is 6.